The number of hydrogen-bond donors (Lipinski definition) is 1. The van der Waals surface area contributed by atoms with E-state index in [1.807, 2.05) is 6.92 Å². The van der Waals surface area contributed by atoms with Crippen molar-refractivity contribution in [1.29, 1.82) is 0 Å². The lowest BCUT2D eigenvalue weighted by atomic mass is 9.56. The zero-order valence-electron chi connectivity index (χ0n) is 11.6. The average Bonchev–Trinajstić information content (AvgIpc) is 2.20. The summed E-state index contributed by atoms with van der Waals surface area (Å²) in [5.41, 5.74) is -0.411. The molecule has 1 N–H and O–H groups in total. The van der Waals surface area contributed by atoms with Gasteiger partial charge in [0.1, 0.15) is 0 Å². The minimum absolute atomic E-state index is 0.0252. The Morgan fingerprint density at radius 3 is 2.50 bits per heavy atom. The molecule has 2 rings (SSSR count). The van der Waals surface area contributed by atoms with E-state index in [0.717, 1.165) is 6.42 Å². The lowest BCUT2D eigenvalue weighted by Crippen LogP contribution is -2.47. The van der Waals surface area contributed by atoms with E-state index >= 15 is 0 Å². The number of ketones is 2. The van der Waals surface area contributed by atoms with Gasteiger partial charge in [-0.05, 0) is 43.6 Å². The first-order valence-electron chi connectivity index (χ1n) is 6.65. The van der Waals surface area contributed by atoms with Crippen molar-refractivity contribution in [3.05, 3.63) is 11.6 Å². The highest BCUT2D eigenvalue weighted by Gasteiger charge is 2.49. The van der Waals surface area contributed by atoms with Gasteiger partial charge in [-0.25, -0.2) is 0 Å². The molecule has 1 saturated carbocycles. The standard InChI is InChI=1S/C15H22O3/c1-9-5-11(16)7-12-13(17)6-10(14(2,3)18)8-15(9,12)4/h7,9-10,18H,5-6,8H2,1-4H3. The molecule has 100 valence electrons. The Bertz CT molecular complexity index is 428. The molecule has 2 aliphatic carbocycles. The molecule has 0 radical (unpaired) electrons. The second kappa shape index (κ2) is 4.02. The minimum atomic E-state index is -0.842. The topological polar surface area (TPSA) is 54.4 Å². The van der Waals surface area contributed by atoms with E-state index in [2.05, 4.69) is 6.92 Å². The minimum Gasteiger partial charge on any atom is -0.390 e. The van der Waals surface area contributed by atoms with Crippen molar-refractivity contribution in [2.24, 2.45) is 17.3 Å². The van der Waals surface area contributed by atoms with E-state index in [9.17, 15) is 14.7 Å². The number of carbonyl (C=O) groups is 2. The van der Waals surface area contributed by atoms with Crippen LogP contribution in [0.2, 0.25) is 0 Å². The molecule has 0 amide bonds. The molecule has 0 spiro atoms. The molecular weight excluding hydrogens is 228 g/mol. The van der Waals surface area contributed by atoms with Gasteiger partial charge in [-0.1, -0.05) is 13.8 Å². The van der Waals surface area contributed by atoms with Crippen LogP contribution in [0, 0.1) is 17.3 Å². The number of Topliss-reactive ketones (excluding diaryl/α,β-unsaturated/α-hetero) is 1. The van der Waals surface area contributed by atoms with Gasteiger partial charge < -0.3 is 5.11 Å². The van der Waals surface area contributed by atoms with E-state index in [1.165, 1.54) is 0 Å². The normalized spacial score (nSPS) is 37.3. The van der Waals surface area contributed by atoms with Gasteiger partial charge >= 0.3 is 0 Å². The molecule has 2 aliphatic rings. The maximum atomic E-state index is 12.3. The molecule has 0 heterocycles. The highest BCUT2D eigenvalue weighted by atomic mass is 16.3. The smallest absolute Gasteiger partial charge is 0.159 e. The fraction of sp³-hybridized carbons (Fsp3) is 0.733. The molecule has 0 saturated heterocycles. The summed E-state index contributed by atoms with van der Waals surface area (Å²) in [6.45, 7) is 7.62. The van der Waals surface area contributed by atoms with Crippen LogP contribution in [0.1, 0.15) is 47.0 Å². The Morgan fingerprint density at radius 2 is 1.94 bits per heavy atom. The molecule has 0 aromatic heterocycles. The lowest BCUT2D eigenvalue weighted by Gasteiger charge is -2.48. The second-order valence-electron chi connectivity index (χ2n) is 6.73. The molecule has 0 aromatic carbocycles. The van der Waals surface area contributed by atoms with Gasteiger partial charge in [0.25, 0.3) is 0 Å². The first-order valence-corrected chi connectivity index (χ1v) is 6.65. The average molecular weight is 250 g/mol. The van der Waals surface area contributed by atoms with E-state index < -0.39 is 5.60 Å². The Balaban J connectivity index is 2.41. The highest BCUT2D eigenvalue weighted by Crippen LogP contribution is 2.52. The van der Waals surface area contributed by atoms with Gasteiger partial charge in [0.15, 0.2) is 11.6 Å². The van der Waals surface area contributed by atoms with Crippen molar-refractivity contribution >= 4 is 11.6 Å². The van der Waals surface area contributed by atoms with Crippen LogP contribution in [0.15, 0.2) is 11.6 Å². The van der Waals surface area contributed by atoms with Gasteiger partial charge in [-0.2, -0.15) is 0 Å². The van der Waals surface area contributed by atoms with Crippen LogP contribution in [0.25, 0.3) is 0 Å². The zero-order valence-corrected chi connectivity index (χ0v) is 11.6. The van der Waals surface area contributed by atoms with E-state index in [1.54, 1.807) is 19.9 Å². The van der Waals surface area contributed by atoms with E-state index in [4.69, 9.17) is 0 Å². The Hall–Kier alpha value is -0.960. The van der Waals surface area contributed by atoms with Crippen molar-refractivity contribution in [3.8, 4) is 0 Å². The predicted octanol–water partition coefficient (Wildman–Crippen LogP) is 2.28. The molecular formula is C15H22O3. The van der Waals surface area contributed by atoms with Crippen LogP contribution in [0.3, 0.4) is 0 Å². The van der Waals surface area contributed by atoms with Crippen molar-refractivity contribution in [2.45, 2.75) is 52.6 Å². The molecule has 3 heteroatoms. The lowest BCUT2D eigenvalue weighted by molar-refractivity contribution is -0.128. The van der Waals surface area contributed by atoms with E-state index in [-0.39, 0.29) is 28.8 Å². The van der Waals surface area contributed by atoms with Crippen LogP contribution >= 0.6 is 0 Å². The molecule has 1 fully saturated rings. The molecule has 3 unspecified atom stereocenters. The number of carbonyl (C=O) groups excluding carboxylic acids is 2. The van der Waals surface area contributed by atoms with Crippen molar-refractivity contribution < 1.29 is 14.7 Å². The molecule has 0 aliphatic heterocycles. The Labute approximate surface area is 108 Å². The maximum absolute atomic E-state index is 12.3. The fourth-order valence-electron chi connectivity index (χ4n) is 3.30. The van der Waals surface area contributed by atoms with E-state index in [0.29, 0.717) is 18.4 Å². The second-order valence-corrected chi connectivity index (χ2v) is 6.73. The number of allylic oxidation sites excluding steroid dienone is 2. The summed E-state index contributed by atoms with van der Waals surface area (Å²) in [7, 11) is 0. The largest absolute Gasteiger partial charge is 0.390 e. The third-order valence-corrected chi connectivity index (χ3v) is 4.92. The van der Waals surface area contributed by atoms with Crippen LogP contribution < -0.4 is 0 Å². The summed E-state index contributed by atoms with van der Waals surface area (Å²) < 4.78 is 0. The fourth-order valence-corrected chi connectivity index (χ4v) is 3.30. The molecule has 0 bridgehead atoms. The zero-order chi connectivity index (χ0) is 13.7. The maximum Gasteiger partial charge on any atom is 0.159 e. The third kappa shape index (κ3) is 2.05. The summed E-state index contributed by atoms with van der Waals surface area (Å²) >= 11 is 0. The SMILES string of the molecule is CC1CC(=O)C=C2C(=O)CC(C(C)(C)O)CC21C. The Kier molecular flexibility index (Phi) is 3.01. The van der Waals surface area contributed by atoms with Crippen molar-refractivity contribution in [3.63, 3.8) is 0 Å². The summed E-state index contributed by atoms with van der Waals surface area (Å²) in [4.78, 5) is 23.9. The molecule has 3 nitrogen and oxygen atoms in total. The number of fused-ring (bicyclic) bond motifs is 1. The van der Waals surface area contributed by atoms with Crippen LogP contribution in [-0.4, -0.2) is 22.3 Å². The molecule has 3 atom stereocenters. The number of rotatable bonds is 1. The first kappa shape index (κ1) is 13.5. The third-order valence-electron chi connectivity index (χ3n) is 4.92. The summed E-state index contributed by atoms with van der Waals surface area (Å²) in [5, 5.41) is 10.2. The quantitative estimate of drug-likeness (QED) is 0.776. The number of aliphatic hydroxyl groups is 1. The van der Waals surface area contributed by atoms with Gasteiger partial charge in [0.2, 0.25) is 0 Å². The monoisotopic (exact) mass is 250 g/mol. The van der Waals surface area contributed by atoms with Crippen LogP contribution in [-0.2, 0) is 9.59 Å². The van der Waals surface area contributed by atoms with Crippen molar-refractivity contribution in [1.82, 2.24) is 0 Å². The summed E-state index contributed by atoms with van der Waals surface area (Å²) in [6, 6.07) is 0. The van der Waals surface area contributed by atoms with Crippen LogP contribution in [0.4, 0.5) is 0 Å². The Morgan fingerprint density at radius 1 is 1.33 bits per heavy atom. The van der Waals surface area contributed by atoms with Crippen LogP contribution in [0.5, 0.6) is 0 Å². The summed E-state index contributed by atoms with van der Waals surface area (Å²) in [5.74, 6) is 0.239. The highest BCUT2D eigenvalue weighted by molar-refractivity contribution is 6.05. The predicted molar refractivity (Wildman–Crippen MR) is 69.0 cm³/mol. The van der Waals surface area contributed by atoms with Gasteiger partial charge in [-0.3, -0.25) is 9.59 Å². The van der Waals surface area contributed by atoms with Gasteiger partial charge in [0, 0.05) is 18.4 Å². The number of hydrogen-bond acceptors (Lipinski definition) is 3. The molecule has 18 heavy (non-hydrogen) atoms. The molecule has 0 aromatic rings. The van der Waals surface area contributed by atoms with Gasteiger partial charge in [0.05, 0.1) is 5.60 Å². The van der Waals surface area contributed by atoms with Crippen molar-refractivity contribution in [2.75, 3.05) is 0 Å². The van der Waals surface area contributed by atoms with Gasteiger partial charge in [-0.15, -0.1) is 0 Å². The summed E-state index contributed by atoms with van der Waals surface area (Å²) in [6.07, 6.45) is 3.18. The first-order chi connectivity index (χ1) is 8.14.